The third kappa shape index (κ3) is 3.36. The lowest BCUT2D eigenvalue weighted by Crippen LogP contribution is -2.27. The van der Waals surface area contributed by atoms with Crippen molar-refractivity contribution < 1.29 is 8.42 Å². The lowest BCUT2D eigenvalue weighted by molar-refractivity contribution is 0.566. The van der Waals surface area contributed by atoms with Crippen LogP contribution in [0, 0.1) is 0 Å². The van der Waals surface area contributed by atoms with E-state index < -0.39 is 10.0 Å². The van der Waals surface area contributed by atoms with Gasteiger partial charge in [-0.15, -0.1) is 0 Å². The number of nitrogens with two attached hydrogens (primary N) is 1. The number of aromatic nitrogens is 1. The number of benzene rings is 1. The van der Waals surface area contributed by atoms with Crippen LogP contribution in [0.25, 0.3) is 0 Å². The fraction of sp³-hybridized carbons (Fsp3) is 0.154. The Bertz CT molecular complexity index is 705. The van der Waals surface area contributed by atoms with Crippen molar-refractivity contribution in [1.82, 2.24) is 9.71 Å². The molecule has 1 aromatic carbocycles. The number of rotatable bonds is 4. The maximum absolute atomic E-state index is 12.4. The van der Waals surface area contributed by atoms with Gasteiger partial charge in [0.05, 0.1) is 4.90 Å². The molecular formula is C13H14BrN3O2S. The van der Waals surface area contributed by atoms with Gasteiger partial charge in [0.1, 0.15) is 0 Å². The second-order valence-electron chi connectivity index (χ2n) is 4.32. The lowest BCUT2D eigenvalue weighted by Gasteiger charge is -2.15. The van der Waals surface area contributed by atoms with Crippen molar-refractivity contribution in [3.05, 3.63) is 52.8 Å². The Kier molecular flexibility index (Phi) is 4.42. The number of sulfonamides is 1. The van der Waals surface area contributed by atoms with E-state index in [0.717, 1.165) is 5.56 Å². The standard InChI is InChI=1S/C13H14BrN3O2S/c1-9(10-3-2-6-16-8-10)17-20(18,19)13-7-11(15)4-5-12(13)14/h2-9,17H,15H2,1H3. The monoisotopic (exact) mass is 355 g/mol. The zero-order valence-electron chi connectivity index (χ0n) is 10.7. The molecule has 0 radical (unpaired) electrons. The molecule has 0 spiro atoms. The molecule has 106 valence electrons. The minimum Gasteiger partial charge on any atom is -0.399 e. The molecule has 3 N–H and O–H groups in total. The number of nitrogens with one attached hydrogen (secondary N) is 1. The SMILES string of the molecule is CC(NS(=O)(=O)c1cc(N)ccc1Br)c1cccnc1. The van der Waals surface area contributed by atoms with Gasteiger partial charge >= 0.3 is 0 Å². The maximum Gasteiger partial charge on any atom is 0.242 e. The molecule has 1 heterocycles. The zero-order chi connectivity index (χ0) is 14.8. The van der Waals surface area contributed by atoms with Crippen LogP contribution in [0.15, 0.2) is 52.1 Å². The van der Waals surface area contributed by atoms with Crippen LogP contribution < -0.4 is 10.5 Å². The molecule has 20 heavy (non-hydrogen) atoms. The largest absolute Gasteiger partial charge is 0.399 e. The van der Waals surface area contributed by atoms with E-state index in [1.165, 1.54) is 6.07 Å². The van der Waals surface area contributed by atoms with E-state index in [9.17, 15) is 8.42 Å². The van der Waals surface area contributed by atoms with Gasteiger partial charge < -0.3 is 5.73 Å². The van der Waals surface area contributed by atoms with E-state index in [-0.39, 0.29) is 10.9 Å². The number of halogens is 1. The summed E-state index contributed by atoms with van der Waals surface area (Å²) in [4.78, 5) is 4.09. The van der Waals surface area contributed by atoms with Crippen LogP contribution in [0.3, 0.4) is 0 Å². The highest BCUT2D eigenvalue weighted by molar-refractivity contribution is 9.10. The minimum absolute atomic E-state index is 0.119. The molecule has 0 amide bonds. The molecule has 0 saturated heterocycles. The Morgan fingerprint density at radius 2 is 2.10 bits per heavy atom. The highest BCUT2D eigenvalue weighted by Gasteiger charge is 2.21. The molecule has 2 aromatic rings. The second-order valence-corrected chi connectivity index (χ2v) is 6.86. The van der Waals surface area contributed by atoms with E-state index in [0.29, 0.717) is 10.2 Å². The van der Waals surface area contributed by atoms with Crippen LogP contribution >= 0.6 is 15.9 Å². The summed E-state index contributed by atoms with van der Waals surface area (Å²) in [6.07, 6.45) is 3.26. The van der Waals surface area contributed by atoms with Crippen molar-refractivity contribution in [3.8, 4) is 0 Å². The molecule has 1 unspecified atom stereocenters. The zero-order valence-corrected chi connectivity index (χ0v) is 13.1. The first-order valence-corrected chi connectivity index (χ1v) is 8.15. The van der Waals surface area contributed by atoms with Gasteiger partial charge in [-0.2, -0.15) is 0 Å². The molecule has 5 nitrogen and oxygen atoms in total. The first-order valence-electron chi connectivity index (χ1n) is 5.87. The summed E-state index contributed by atoms with van der Waals surface area (Å²) >= 11 is 3.23. The van der Waals surface area contributed by atoms with E-state index in [1.807, 2.05) is 6.07 Å². The highest BCUT2D eigenvalue weighted by Crippen LogP contribution is 2.25. The summed E-state index contributed by atoms with van der Waals surface area (Å²) in [7, 11) is -3.67. The van der Waals surface area contributed by atoms with Crippen LogP contribution in [-0.4, -0.2) is 13.4 Å². The topological polar surface area (TPSA) is 85.1 Å². The summed E-state index contributed by atoms with van der Waals surface area (Å²) in [5.41, 5.74) is 6.82. The van der Waals surface area contributed by atoms with Crippen LogP contribution in [-0.2, 0) is 10.0 Å². The number of nitrogen functional groups attached to an aromatic ring is 1. The van der Waals surface area contributed by atoms with Gasteiger partial charge in [0.15, 0.2) is 0 Å². The number of pyridine rings is 1. The maximum atomic E-state index is 12.4. The van der Waals surface area contributed by atoms with E-state index in [2.05, 4.69) is 25.6 Å². The van der Waals surface area contributed by atoms with Crippen molar-refractivity contribution in [3.63, 3.8) is 0 Å². The smallest absolute Gasteiger partial charge is 0.242 e. The van der Waals surface area contributed by atoms with Gasteiger partial charge in [0.25, 0.3) is 0 Å². The molecule has 0 aliphatic carbocycles. The van der Waals surface area contributed by atoms with Gasteiger partial charge in [-0.1, -0.05) is 6.07 Å². The first-order chi connectivity index (χ1) is 9.40. The fourth-order valence-corrected chi connectivity index (χ4v) is 3.95. The predicted molar refractivity (Wildman–Crippen MR) is 81.5 cm³/mol. The van der Waals surface area contributed by atoms with E-state index in [4.69, 9.17) is 5.73 Å². The van der Waals surface area contributed by atoms with Crippen molar-refractivity contribution in [2.24, 2.45) is 0 Å². The van der Waals surface area contributed by atoms with Gasteiger partial charge in [-0.25, -0.2) is 13.1 Å². The number of nitrogens with zero attached hydrogens (tertiary/aromatic N) is 1. The third-order valence-corrected chi connectivity index (χ3v) is 5.30. The highest BCUT2D eigenvalue weighted by atomic mass is 79.9. The van der Waals surface area contributed by atoms with E-state index >= 15 is 0 Å². The predicted octanol–water partition coefficient (Wildman–Crippen LogP) is 2.47. The van der Waals surface area contributed by atoms with Gasteiger partial charge in [0.2, 0.25) is 10.0 Å². The van der Waals surface area contributed by atoms with Crippen molar-refractivity contribution in [2.45, 2.75) is 17.9 Å². The Balaban J connectivity index is 2.30. The average molecular weight is 356 g/mol. The molecule has 1 atom stereocenters. The van der Waals surface area contributed by atoms with Crippen LogP contribution in [0.2, 0.25) is 0 Å². The van der Waals surface area contributed by atoms with Crippen molar-refractivity contribution >= 4 is 31.6 Å². The third-order valence-electron chi connectivity index (χ3n) is 2.76. The van der Waals surface area contributed by atoms with Gasteiger partial charge in [0, 0.05) is 28.6 Å². The molecule has 7 heteroatoms. The summed E-state index contributed by atoms with van der Waals surface area (Å²) < 4.78 is 27.8. The fourth-order valence-electron chi connectivity index (χ4n) is 1.72. The van der Waals surface area contributed by atoms with E-state index in [1.54, 1.807) is 37.5 Å². The summed E-state index contributed by atoms with van der Waals surface area (Å²) in [6, 6.07) is 7.85. The van der Waals surface area contributed by atoms with Crippen molar-refractivity contribution in [2.75, 3.05) is 5.73 Å². The summed E-state index contributed by atoms with van der Waals surface area (Å²) in [5.74, 6) is 0. The summed E-state index contributed by atoms with van der Waals surface area (Å²) in [5, 5.41) is 0. The van der Waals surface area contributed by atoms with Gasteiger partial charge in [-0.3, -0.25) is 4.98 Å². The van der Waals surface area contributed by atoms with Crippen LogP contribution in [0.4, 0.5) is 5.69 Å². The Morgan fingerprint density at radius 3 is 2.75 bits per heavy atom. The van der Waals surface area contributed by atoms with Crippen LogP contribution in [0.5, 0.6) is 0 Å². The average Bonchev–Trinajstić information content (AvgIpc) is 2.42. The molecule has 0 bridgehead atoms. The normalized spacial score (nSPS) is 13.1. The molecule has 0 aliphatic heterocycles. The Hall–Kier alpha value is -1.44. The molecule has 0 fully saturated rings. The molecule has 1 aromatic heterocycles. The Labute approximate surface area is 126 Å². The molecular weight excluding hydrogens is 342 g/mol. The molecule has 2 rings (SSSR count). The summed E-state index contributed by atoms with van der Waals surface area (Å²) in [6.45, 7) is 1.76. The van der Waals surface area contributed by atoms with Crippen LogP contribution in [0.1, 0.15) is 18.5 Å². The lowest BCUT2D eigenvalue weighted by atomic mass is 10.2. The molecule has 0 saturated carbocycles. The second kappa shape index (κ2) is 5.90. The quantitative estimate of drug-likeness (QED) is 0.825. The van der Waals surface area contributed by atoms with Gasteiger partial charge in [-0.05, 0) is 52.7 Å². The number of anilines is 1. The van der Waals surface area contributed by atoms with Crippen molar-refractivity contribution in [1.29, 1.82) is 0 Å². The first kappa shape index (κ1) is 15.0. The number of hydrogen-bond acceptors (Lipinski definition) is 4. The molecule has 0 aliphatic rings. The Morgan fingerprint density at radius 1 is 1.35 bits per heavy atom. The number of hydrogen-bond donors (Lipinski definition) is 2. The minimum atomic E-state index is -3.67.